The third kappa shape index (κ3) is 7.52. The van der Waals surface area contributed by atoms with Crippen molar-refractivity contribution in [2.45, 2.75) is 63.9 Å². The Morgan fingerprint density at radius 3 is 1.84 bits per heavy atom. The molecule has 5 rings (SSSR count). The SMILES string of the molecule is C[C@H]1CN(CC2CCCO2)[C@H](COCc2ccccc2)[C@@H](OCc2ccccc2)[C@@H]1OCc1ccccc1. The molecule has 5 nitrogen and oxygen atoms in total. The number of likely N-dealkylation sites (tertiary alicyclic amines) is 1. The second-order valence-electron chi connectivity index (χ2n) is 10.7. The minimum absolute atomic E-state index is 0.0370. The molecule has 0 bridgehead atoms. The molecule has 5 atom stereocenters. The normalized spacial score (nSPS) is 26.0. The van der Waals surface area contributed by atoms with E-state index in [-0.39, 0.29) is 24.4 Å². The number of ether oxygens (including phenoxy) is 4. The fourth-order valence-electron chi connectivity index (χ4n) is 5.69. The summed E-state index contributed by atoms with van der Waals surface area (Å²) in [6.45, 7) is 7.28. The molecule has 202 valence electrons. The molecule has 2 fully saturated rings. The van der Waals surface area contributed by atoms with Crippen molar-refractivity contribution in [1.82, 2.24) is 4.90 Å². The lowest BCUT2D eigenvalue weighted by molar-refractivity contribution is -0.179. The predicted octanol–water partition coefficient (Wildman–Crippen LogP) is 5.87. The number of nitrogens with zero attached hydrogens (tertiary/aromatic N) is 1. The highest BCUT2D eigenvalue weighted by molar-refractivity contribution is 5.15. The number of piperidine rings is 1. The van der Waals surface area contributed by atoms with Gasteiger partial charge in [-0.05, 0) is 35.4 Å². The maximum absolute atomic E-state index is 6.76. The van der Waals surface area contributed by atoms with Gasteiger partial charge in [0, 0.05) is 19.7 Å². The summed E-state index contributed by atoms with van der Waals surface area (Å²) in [5, 5.41) is 0. The third-order valence-electron chi connectivity index (χ3n) is 7.69. The first-order valence-corrected chi connectivity index (χ1v) is 14.0. The molecule has 0 radical (unpaired) electrons. The van der Waals surface area contributed by atoms with Gasteiger partial charge in [-0.2, -0.15) is 0 Å². The van der Waals surface area contributed by atoms with E-state index in [2.05, 4.69) is 84.6 Å². The molecule has 2 aliphatic rings. The van der Waals surface area contributed by atoms with Crippen molar-refractivity contribution in [2.24, 2.45) is 5.92 Å². The van der Waals surface area contributed by atoms with Crippen LogP contribution in [0.2, 0.25) is 0 Å². The Kier molecular flexibility index (Phi) is 9.98. The summed E-state index contributed by atoms with van der Waals surface area (Å²) in [5.41, 5.74) is 3.53. The lowest BCUT2D eigenvalue weighted by Gasteiger charge is -2.48. The molecule has 38 heavy (non-hydrogen) atoms. The molecule has 2 aliphatic heterocycles. The van der Waals surface area contributed by atoms with Gasteiger partial charge in [-0.15, -0.1) is 0 Å². The second kappa shape index (κ2) is 14.0. The Bertz CT molecular complexity index is 1060. The van der Waals surface area contributed by atoms with Crippen LogP contribution in [0.25, 0.3) is 0 Å². The maximum atomic E-state index is 6.76. The van der Waals surface area contributed by atoms with Crippen LogP contribution in [0.4, 0.5) is 0 Å². The standard InChI is InChI=1S/C33H41NO4/c1-26-20-34(21-30-18-11-19-36-30)31(25-35-22-27-12-5-2-6-13-27)33(38-24-29-16-9-4-10-17-29)32(26)37-23-28-14-7-3-8-15-28/h2-10,12-17,26,30-33H,11,18-25H2,1H3/t26-,30?,31+,32+,33+/m0/s1. The number of hydrogen-bond donors (Lipinski definition) is 0. The van der Waals surface area contributed by atoms with Gasteiger partial charge in [0.15, 0.2) is 0 Å². The van der Waals surface area contributed by atoms with Crippen LogP contribution in [-0.2, 0) is 38.8 Å². The van der Waals surface area contributed by atoms with Crippen LogP contribution < -0.4 is 0 Å². The molecule has 1 unspecified atom stereocenters. The summed E-state index contributed by atoms with van der Waals surface area (Å²) in [5.74, 6) is 0.311. The highest BCUT2D eigenvalue weighted by Crippen LogP contribution is 2.31. The first-order chi connectivity index (χ1) is 18.8. The number of benzene rings is 3. The van der Waals surface area contributed by atoms with Gasteiger partial charge in [-0.3, -0.25) is 4.90 Å². The van der Waals surface area contributed by atoms with Crippen molar-refractivity contribution in [3.8, 4) is 0 Å². The van der Waals surface area contributed by atoms with Crippen LogP contribution in [-0.4, -0.2) is 55.6 Å². The van der Waals surface area contributed by atoms with Crippen LogP contribution >= 0.6 is 0 Å². The molecule has 3 aromatic rings. The molecule has 0 spiro atoms. The van der Waals surface area contributed by atoms with Crippen molar-refractivity contribution in [3.05, 3.63) is 108 Å². The zero-order valence-corrected chi connectivity index (χ0v) is 22.5. The van der Waals surface area contributed by atoms with Gasteiger partial charge in [-0.25, -0.2) is 0 Å². The monoisotopic (exact) mass is 515 g/mol. The van der Waals surface area contributed by atoms with E-state index in [1.54, 1.807) is 0 Å². The smallest absolute Gasteiger partial charge is 0.102 e. The molecular weight excluding hydrogens is 474 g/mol. The van der Waals surface area contributed by atoms with Crippen LogP contribution in [0, 0.1) is 5.92 Å². The first kappa shape index (κ1) is 27.0. The Hall–Kier alpha value is -2.54. The molecule has 0 N–H and O–H groups in total. The van der Waals surface area contributed by atoms with E-state index in [9.17, 15) is 0 Å². The zero-order valence-electron chi connectivity index (χ0n) is 22.5. The quantitative estimate of drug-likeness (QED) is 0.302. The molecule has 3 aromatic carbocycles. The topological polar surface area (TPSA) is 40.2 Å². The Labute approximate surface area is 227 Å². The molecule has 0 aliphatic carbocycles. The highest BCUT2D eigenvalue weighted by Gasteiger charge is 2.44. The minimum Gasteiger partial charge on any atom is -0.377 e. The van der Waals surface area contributed by atoms with Crippen LogP contribution in [0.5, 0.6) is 0 Å². The first-order valence-electron chi connectivity index (χ1n) is 14.0. The number of hydrogen-bond acceptors (Lipinski definition) is 5. The van der Waals surface area contributed by atoms with E-state index in [1.165, 1.54) is 16.7 Å². The third-order valence-corrected chi connectivity index (χ3v) is 7.69. The van der Waals surface area contributed by atoms with E-state index in [0.29, 0.717) is 32.3 Å². The van der Waals surface area contributed by atoms with Crippen LogP contribution in [0.3, 0.4) is 0 Å². The fourth-order valence-corrected chi connectivity index (χ4v) is 5.69. The predicted molar refractivity (Wildman–Crippen MR) is 150 cm³/mol. The molecule has 0 aromatic heterocycles. The van der Waals surface area contributed by atoms with Gasteiger partial charge < -0.3 is 18.9 Å². The van der Waals surface area contributed by atoms with Gasteiger partial charge in [0.1, 0.15) is 6.10 Å². The lowest BCUT2D eigenvalue weighted by Crippen LogP contribution is -2.62. The van der Waals surface area contributed by atoms with E-state index in [0.717, 1.165) is 32.5 Å². The summed E-state index contributed by atoms with van der Waals surface area (Å²) in [7, 11) is 0. The largest absolute Gasteiger partial charge is 0.377 e. The van der Waals surface area contributed by atoms with Gasteiger partial charge in [0.2, 0.25) is 0 Å². The fraction of sp³-hybridized carbons (Fsp3) is 0.455. The average molecular weight is 516 g/mol. The summed E-state index contributed by atoms with van der Waals surface area (Å²) >= 11 is 0. The van der Waals surface area contributed by atoms with Crippen molar-refractivity contribution < 1.29 is 18.9 Å². The molecule has 0 saturated carbocycles. The van der Waals surface area contributed by atoms with Gasteiger partial charge in [-0.1, -0.05) is 97.9 Å². The summed E-state index contributed by atoms with van der Waals surface area (Å²) in [6.07, 6.45) is 2.37. The Morgan fingerprint density at radius 2 is 1.29 bits per heavy atom. The van der Waals surface area contributed by atoms with Crippen molar-refractivity contribution in [2.75, 3.05) is 26.3 Å². The molecule has 0 amide bonds. The summed E-state index contributed by atoms with van der Waals surface area (Å²) < 4.78 is 25.8. The molecular formula is C33H41NO4. The zero-order chi connectivity index (χ0) is 26.0. The average Bonchev–Trinajstić information content (AvgIpc) is 3.47. The van der Waals surface area contributed by atoms with E-state index < -0.39 is 0 Å². The van der Waals surface area contributed by atoms with Crippen LogP contribution in [0.1, 0.15) is 36.5 Å². The summed E-state index contributed by atoms with van der Waals surface area (Å²) in [4.78, 5) is 2.55. The minimum atomic E-state index is -0.125. The maximum Gasteiger partial charge on any atom is 0.102 e. The van der Waals surface area contributed by atoms with E-state index in [1.807, 2.05) is 18.2 Å². The Balaban J connectivity index is 1.35. The van der Waals surface area contributed by atoms with Gasteiger partial charge in [0.25, 0.3) is 0 Å². The second-order valence-corrected chi connectivity index (χ2v) is 10.7. The highest BCUT2D eigenvalue weighted by atomic mass is 16.5. The molecule has 2 saturated heterocycles. The van der Waals surface area contributed by atoms with Crippen molar-refractivity contribution >= 4 is 0 Å². The van der Waals surface area contributed by atoms with Crippen molar-refractivity contribution in [3.63, 3.8) is 0 Å². The summed E-state index contributed by atoms with van der Waals surface area (Å²) in [6, 6.07) is 31.3. The van der Waals surface area contributed by atoms with E-state index >= 15 is 0 Å². The number of rotatable bonds is 12. The van der Waals surface area contributed by atoms with Crippen LogP contribution in [0.15, 0.2) is 91.0 Å². The van der Waals surface area contributed by atoms with Gasteiger partial charge in [0.05, 0.1) is 44.7 Å². The lowest BCUT2D eigenvalue weighted by atomic mass is 9.87. The molecule has 2 heterocycles. The Morgan fingerprint density at radius 1 is 0.737 bits per heavy atom. The van der Waals surface area contributed by atoms with Gasteiger partial charge >= 0.3 is 0 Å². The van der Waals surface area contributed by atoms with Crippen molar-refractivity contribution in [1.29, 1.82) is 0 Å². The molecule has 5 heteroatoms. The van der Waals surface area contributed by atoms with E-state index in [4.69, 9.17) is 18.9 Å².